The quantitative estimate of drug-likeness (QED) is 0.256. The Balaban J connectivity index is 1.72. The Morgan fingerprint density at radius 1 is 1.31 bits per heavy atom. The Morgan fingerprint density at radius 2 is 2.07 bits per heavy atom. The van der Waals surface area contributed by atoms with E-state index in [2.05, 4.69) is 23.0 Å². The Labute approximate surface area is 184 Å². The molecule has 0 unspecified atom stereocenters. The molecule has 0 saturated carbocycles. The average molecular weight is 525 g/mol. The first-order chi connectivity index (χ1) is 14.0. The van der Waals surface area contributed by atoms with Gasteiger partial charge in [-0.25, -0.2) is 4.79 Å². The van der Waals surface area contributed by atoms with E-state index in [1.807, 2.05) is 12.1 Å². The summed E-state index contributed by atoms with van der Waals surface area (Å²) in [5.74, 6) is 0.138. The summed E-state index contributed by atoms with van der Waals surface area (Å²) in [6, 6.07) is 5.42. The maximum atomic E-state index is 11.5. The molecule has 2 radical (unpaired) electrons. The van der Waals surface area contributed by atoms with Crippen molar-refractivity contribution in [3.8, 4) is 17.1 Å². The van der Waals surface area contributed by atoms with Gasteiger partial charge in [0, 0.05) is 6.20 Å². The number of aromatic carboxylic acids is 1. The zero-order valence-corrected chi connectivity index (χ0v) is 18.4. The SMILES string of the molecule is [B][I-]N1CCN(c2ccc(-c3nc4c(C(=O)O)c[nH]c4cc3Cl)c(OC)n2)CC1. The Kier molecular flexibility index (Phi) is 5.84. The number of halogens is 2. The summed E-state index contributed by atoms with van der Waals surface area (Å²) < 4.78 is 7.80. The van der Waals surface area contributed by atoms with E-state index in [4.69, 9.17) is 22.0 Å². The number of methoxy groups -OCH3 is 1. The van der Waals surface area contributed by atoms with E-state index in [1.165, 1.54) is 13.3 Å². The zero-order chi connectivity index (χ0) is 20.5. The van der Waals surface area contributed by atoms with Crippen LogP contribution < -0.4 is 30.9 Å². The molecular formula is C18H17BClIN5O3-. The Bertz CT molecular complexity index is 1070. The Morgan fingerprint density at radius 3 is 2.72 bits per heavy atom. The molecular weight excluding hydrogens is 507 g/mol. The molecule has 0 amide bonds. The van der Waals surface area contributed by atoms with Crippen LogP contribution in [0.3, 0.4) is 0 Å². The minimum absolute atomic E-state index is 0.0852. The van der Waals surface area contributed by atoms with Crippen molar-refractivity contribution in [2.45, 2.75) is 0 Å². The van der Waals surface area contributed by atoms with Crippen molar-refractivity contribution in [1.82, 2.24) is 18.1 Å². The van der Waals surface area contributed by atoms with Gasteiger partial charge in [0.2, 0.25) is 0 Å². The first kappa shape index (κ1) is 20.2. The molecule has 8 nitrogen and oxygen atoms in total. The van der Waals surface area contributed by atoms with Crippen LogP contribution in [0, 0.1) is 0 Å². The van der Waals surface area contributed by atoms with Crippen LogP contribution >= 0.6 is 11.6 Å². The van der Waals surface area contributed by atoms with E-state index in [9.17, 15) is 9.90 Å². The average Bonchev–Trinajstić information content (AvgIpc) is 3.15. The number of pyridine rings is 2. The normalized spacial score (nSPS) is 15.2. The molecule has 2 N–H and O–H groups in total. The number of carbonyl (C=O) groups is 1. The number of hydrogen-bond donors (Lipinski definition) is 2. The van der Waals surface area contributed by atoms with Crippen molar-refractivity contribution < 1.29 is 35.9 Å². The van der Waals surface area contributed by atoms with E-state index in [0.717, 1.165) is 32.0 Å². The monoisotopic (exact) mass is 524 g/mol. The van der Waals surface area contributed by atoms with Gasteiger partial charge in [0.15, 0.2) is 0 Å². The second-order valence-electron chi connectivity index (χ2n) is 6.44. The number of nitrogens with zero attached hydrogens (tertiary/aromatic N) is 4. The Hall–Kier alpha value is -2.05. The molecule has 0 atom stereocenters. The molecule has 150 valence electrons. The summed E-state index contributed by atoms with van der Waals surface area (Å²) in [6.45, 7) is 3.54. The second-order valence-corrected chi connectivity index (χ2v) is 8.77. The fourth-order valence-electron chi connectivity index (χ4n) is 3.33. The van der Waals surface area contributed by atoms with Crippen molar-refractivity contribution in [2.24, 2.45) is 0 Å². The van der Waals surface area contributed by atoms with Gasteiger partial charge in [-0.05, 0) is 0 Å². The van der Waals surface area contributed by atoms with Crippen molar-refractivity contribution in [1.29, 1.82) is 0 Å². The number of fused-ring (bicyclic) bond motifs is 1. The predicted octanol–water partition coefficient (Wildman–Crippen LogP) is -0.805. The summed E-state index contributed by atoms with van der Waals surface area (Å²) in [5.41, 5.74) is 7.82. The first-order valence-electron chi connectivity index (χ1n) is 8.81. The molecule has 29 heavy (non-hydrogen) atoms. The summed E-state index contributed by atoms with van der Waals surface area (Å²) >= 11 is 6.06. The summed E-state index contributed by atoms with van der Waals surface area (Å²) in [6.07, 6.45) is 1.40. The van der Waals surface area contributed by atoms with Crippen LogP contribution in [0.5, 0.6) is 5.88 Å². The van der Waals surface area contributed by atoms with Gasteiger partial charge in [-0.2, -0.15) is 0 Å². The molecule has 1 aliphatic rings. The maximum absolute atomic E-state index is 11.5. The molecule has 0 bridgehead atoms. The van der Waals surface area contributed by atoms with E-state index in [-0.39, 0.29) is 26.8 Å². The number of nitrogens with one attached hydrogen (secondary N) is 1. The number of hydrogen-bond acceptors (Lipinski definition) is 6. The van der Waals surface area contributed by atoms with Gasteiger partial charge in [-0.3, -0.25) is 0 Å². The van der Waals surface area contributed by atoms with Crippen molar-refractivity contribution in [3.63, 3.8) is 0 Å². The number of rotatable bonds is 5. The molecule has 1 aliphatic heterocycles. The topological polar surface area (TPSA) is 94.6 Å². The van der Waals surface area contributed by atoms with Crippen LogP contribution in [-0.4, -0.2) is 68.1 Å². The number of carboxylic acids is 1. The van der Waals surface area contributed by atoms with Gasteiger partial charge in [0.25, 0.3) is 0 Å². The number of ether oxygens (including phenoxy) is 1. The molecule has 11 heteroatoms. The summed E-state index contributed by atoms with van der Waals surface area (Å²) in [4.78, 5) is 25.7. The van der Waals surface area contributed by atoms with Gasteiger partial charge in [-0.1, -0.05) is 0 Å². The third kappa shape index (κ3) is 3.88. The molecule has 1 fully saturated rings. The van der Waals surface area contributed by atoms with Crippen LogP contribution in [0.1, 0.15) is 10.4 Å². The molecule has 0 spiro atoms. The van der Waals surface area contributed by atoms with Crippen LogP contribution in [0.25, 0.3) is 22.3 Å². The van der Waals surface area contributed by atoms with E-state index < -0.39 is 5.97 Å². The minimum atomic E-state index is -1.06. The van der Waals surface area contributed by atoms with E-state index in [1.54, 1.807) is 6.07 Å². The third-order valence-electron chi connectivity index (χ3n) is 4.81. The number of carboxylic acid groups (broad SMARTS) is 1. The molecule has 3 aromatic heterocycles. The van der Waals surface area contributed by atoms with E-state index in [0.29, 0.717) is 33.2 Å². The van der Waals surface area contributed by atoms with Gasteiger partial charge in [0.1, 0.15) is 0 Å². The second kappa shape index (κ2) is 8.37. The summed E-state index contributed by atoms with van der Waals surface area (Å²) in [5, 5.41) is 9.75. The van der Waals surface area contributed by atoms with Crippen LogP contribution in [0.2, 0.25) is 5.02 Å². The fraction of sp³-hybridized carbons (Fsp3) is 0.278. The molecule has 0 aliphatic carbocycles. The number of anilines is 1. The van der Waals surface area contributed by atoms with Crippen LogP contribution in [-0.2, 0) is 0 Å². The molecule has 4 heterocycles. The number of aromatic amines is 1. The van der Waals surface area contributed by atoms with Gasteiger partial charge in [-0.15, -0.1) is 0 Å². The molecule has 3 aromatic rings. The first-order valence-corrected chi connectivity index (χ1v) is 11.4. The predicted molar refractivity (Wildman–Crippen MR) is 107 cm³/mol. The van der Waals surface area contributed by atoms with Crippen LogP contribution in [0.4, 0.5) is 5.82 Å². The van der Waals surface area contributed by atoms with Crippen molar-refractivity contribution in [3.05, 3.63) is 35.0 Å². The third-order valence-corrected chi connectivity index (χ3v) is 6.86. The van der Waals surface area contributed by atoms with Crippen molar-refractivity contribution >= 4 is 40.1 Å². The number of piperazine rings is 1. The molecule has 4 rings (SSSR count). The standard InChI is InChI=1S/C18H17BClIN5O3/c1-29-17-10(2-3-14(23-17)25-4-6-26(21-19)7-5-25)15-12(20)8-13-16(24-15)11(9-22-13)18(27)28/h2-3,8-9,22H,4-7H2,1H3,(H,27,28)/q-1. The van der Waals surface area contributed by atoms with Gasteiger partial charge in [0.05, 0.1) is 0 Å². The van der Waals surface area contributed by atoms with E-state index >= 15 is 0 Å². The van der Waals surface area contributed by atoms with Gasteiger partial charge >= 0.3 is 163 Å². The van der Waals surface area contributed by atoms with Crippen molar-refractivity contribution in [2.75, 3.05) is 38.2 Å². The number of H-pyrrole nitrogens is 1. The van der Waals surface area contributed by atoms with Gasteiger partial charge < -0.3 is 10.1 Å². The molecule has 1 saturated heterocycles. The molecule has 0 aromatic carbocycles. The summed E-state index contributed by atoms with van der Waals surface area (Å²) in [7, 11) is 1.54. The zero-order valence-electron chi connectivity index (χ0n) is 15.5. The van der Waals surface area contributed by atoms with Crippen LogP contribution in [0.15, 0.2) is 24.4 Å². The number of aromatic nitrogens is 3. The fourth-order valence-corrected chi connectivity index (χ4v) is 4.57.